The molecule has 0 aromatic heterocycles. The van der Waals surface area contributed by atoms with Gasteiger partial charge in [-0.1, -0.05) is 140 Å². The Morgan fingerprint density at radius 2 is 0.878 bits per heavy atom. The molecule has 0 saturated carbocycles. The number of ether oxygens (including phenoxy) is 1. The Morgan fingerprint density at radius 3 is 1.59 bits per heavy atom. The highest BCUT2D eigenvalue weighted by molar-refractivity contribution is 5.95. The first-order chi connectivity index (χ1) is 20.1. The molecule has 8 rings (SSSR count). The Morgan fingerprint density at radius 1 is 0.390 bits per heavy atom. The maximum atomic E-state index is 6.86. The quantitative estimate of drug-likeness (QED) is 0.223. The Hall–Kier alpha value is -4.88. The van der Waals surface area contributed by atoms with Crippen LogP contribution in [0.4, 0.5) is 0 Å². The first-order valence-corrected chi connectivity index (χ1v) is 14.4. The largest absolute Gasteiger partial charge is 0.456 e. The number of benzene rings is 6. The highest BCUT2D eigenvalue weighted by Gasteiger charge is 2.44. The Labute approximate surface area is 241 Å². The topological polar surface area (TPSA) is 9.23 Å². The van der Waals surface area contributed by atoms with Gasteiger partial charge in [0.05, 0.1) is 0 Å². The predicted molar refractivity (Wildman–Crippen MR) is 168 cm³/mol. The molecule has 0 bridgehead atoms. The van der Waals surface area contributed by atoms with Crippen LogP contribution in [0.1, 0.15) is 47.2 Å². The van der Waals surface area contributed by atoms with Gasteiger partial charge in [0.25, 0.3) is 0 Å². The minimum absolute atomic E-state index is 0.246. The first kappa shape index (κ1) is 24.0. The molecule has 0 radical (unpaired) electrons. The summed E-state index contributed by atoms with van der Waals surface area (Å²) in [6.07, 6.45) is 0. The molecule has 0 N–H and O–H groups in total. The molecule has 0 saturated heterocycles. The molecule has 1 heterocycles. The second-order valence-corrected chi connectivity index (χ2v) is 11.5. The van der Waals surface area contributed by atoms with Crippen molar-refractivity contribution in [3.05, 3.63) is 179 Å². The lowest BCUT2D eigenvalue weighted by Crippen LogP contribution is -2.29. The summed E-state index contributed by atoms with van der Waals surface area (Å²) in [6.45, 7) is 4.71. The zero-order valence-electron chi connectivity index (χ0n) is 23.3. The molecule has 6 aromatic carbocycles. The fraction of sp³-hybridized carbons (Fsp3) is 0.100. The van der Waals surface area contributed by atoms with Crippen LogP contribution in [0, 0.1) is 0 Å². The van der Waals surface area contributed by atoms with Crippen molar-refractivity contribution in [2.45, 2.75) is 24.7 Å². The van der Waals surface area contributed by atoms with Gasteiger partial charge in [-0.15, -0.1) is 0 Å². The van der Waals surface area contributed by atoms with Crippen LogP contribution < -0.4 is 4.74 Å². The lowest BCUT2D eigenvalue weighted by molar-refractivity contribution is 0.429. The molecular weight excluding hydrogens is 496 g/mol. The minimum Gasteiger partial charge on any atom is -0.456 e. The predicted octanol–water partition coefficient (Wildman–Crippen LogP) is 10.1. The molecule has 1 nitrogen and oxygen atoms in total. The van der Waals surface area contributed by atoms with Gasteiger partial charge in [-0.2, -0.15) is 0 Å². The van der Waals surface area contributed by atoms with E-state index in [4.69, 9.17) is 4.74 Å². The maximum Gasteiger partial charge on any atom is 0.139 e. The summed E-state index contributed by atoms with van der Waals surface area (Å²) >= 11 is 0. The summed E-state index contributed by atoms with van der Waals surface area (Å²) in [4.78, 5) is 0. The van der Waals surface area contributed by atoms with Gasteiger partial charge in [0.2, 0.25) is 0 Å². The summed E-state index contributed by atoms with van der Waals surface area (Å²) in [5.74, 6) is 1.86. The molecule has 41 heavy (non-hydrogen) atoms. The van der Waals surface area contributed by atoms with E-state index in [9.17, 15) is 0 Å². The van der Waals surface area contributed by atoms with Crippen molar-refractivity contribution in [3.8, 4) is 33.8 Å². The molecule has 0 amide bonds. The van der Waals surface area contributed by atoms with Gasteiger partial charge in [0, 0.05) is 27.5 Å². The highest BCUT2D eigenvalue weighted by Crippen LogP contribution is 2.58. The van der Waals surface area contributed by atoms with Gasteiger partial charge in [-0.05, 0) is 58.9 Å². The van der Waals surface area contributed by atoms with Crippen molar-refractivity contribution >= 4 is 0 Å². The molecular formula is C40H30O. The fourth-order valence-corrected chi connectivity index (χ4v) is 7.41. The molecule has 0 fully saturated rings. The third-order valence-corrected chi connectivity index (χ3v) is 9.52. The molecule has 2 aliphatic rings. The second kappa shape index (κ2) is 8.81. The molecule has 1 aliphatic heterocycles. The lowest BCUT2D eigenvalue weighted by atomic mass is 9.68. The van der Waals surface area contributed by atoms with Crippen LogP contribution in [-0.2, 0) is 10.8 Å². The second-order valence-electron chi connectivity index (χ2n) is 11.5. The van der Waals surface area contributed by atoms with Gasteiger partial charge in [-0.3, -0.25) is 0 Å². The molecule has 1 heteroatoms. The average Bonchev–Trinajstić information content (AvgIpc) is 3.31. The summed E-state index contributed by atoms with van der Waals surface area (Å²) in [7, 11) is 0. The SMILES string of the molecule is CC1(c2ccccc2)c2ccccc2Oc2c(-c3cccc4c3-c3ccccc3C4(C)c3ccccc3)cccc21. The van der Waals surface area contributed by atoms with Gasteiger partial charge < -0.3 is 4.74 Å². The normalized spacial score (nSPS) is 19.9. The number of rotatable bonds is 3. The van der Waals surface area contributed by atoms with E-state index in [0.717, 1.165) is 17.1 Å². The van der Waals surface area contributed by atoms with Crippen LogP contribution in [0.3, 0.4) is 0 Å². The average molecular weight is 527 g/mol. The van der Waals surface area contributed by atoms with Crippen molar-refractivity contribution < 1.29 is 4.74 Å². The van der Waals surface area contributed by atoms with Crippen molar-refractivity contribution in [2.75, 3.05) is 0 Å². The Balaban J connectivity index is 1.42. The Bertz CT molecular complexity index is 1940. The lowest BCUT2D eigenvalue weighted by Gasteiger charge is -2.39. The number of hydrogen-bond acceptors (Lipinski definition) is 1. The fourth-order valence-electron chi connectivity index (χ4n) is 7.41. The summed E-state index contributed by atoms with van der Waals surface area (Å²) < 4.78 is 6.86. The van der Waals surface area contributed by atoms with E-state index in [0.29, 0.717) is 0 Å². The third kappa shape index (κ3) is 3.24. The first-order valence-electron chi connectivity index (χ1n) is 14.4. The van der Waals surface area contributed by atoms with Crippen LogP contribution in [0.2, 0.25) is 0 Å². The van der Waals surface area contributed by atoms with Gasteiger partial charge in [0.15, 0.2) is 0 Å². The van der Waals surface area contributed by atoms with E-state index < -0.39 is 0 Å². The highest BCUT2D eigenvalue weighted by atomic mass is 16.5. The van der Waals surface area contributed by atoms with Crippen LogP contribution in [0.25, 0.3) is 22.3 Å². The summed E-state index contributed by atoms with van der Waals surface area (Å²) in [5, 5.41) is 0. The number of hydrogen-bond donors (Lipinski definition) is 0. The molecule has 2 atom stereocenters. The number of fused-ring (bicyclic) bond motifs is 5. The Kier molecular flexibility index (Phi) is 5.15. The van der Waals surface area contributed by atoms with E-state index in [1.54, 1.807) is 0 Å². The monoisotopic (exact) mass is 526 g/mol. The minimum atomic E-state index is -0.351. The third-order valence-electron chi connectivity index (χ3n) is 9.52. The van der Waals surface area contributed by atoms with Crippen LogP contribution in [0.5, 0.6) is 11.5 Å². The van der Waals surface area contributed by atoms with Gasteiger partial charge in [-0.25, -0.2) is 0 Å². The van der Waals surface area contributed by atoms with Crippen molar-refractivity contribution in [1.82, 2.24) is 0 Å². The van der Waals surface area contributed by atoms with Crippen molar-refractivity contribution in [1.29, 1.82) is 0 Å². The van der Waals surface area contributed by atoms with E-state index in [1.807, 2.05) is 0 Å². The standard InChI is InChI=1S/C40H30O/c1-39(27-15-5-3-6-16-27)32-22-10-9-19-31(32)37-29(20-13-24-34(37)39)30-21-14-25-35-38(30)41-36-26-12-11-23-33(36)40(35,2)28-17-7-4-8-18-28/h3-26H,1-2H3. The zero-order chi connectivity index (χ0) is 27.6. The molecule has 1 aliphatic carbocycles. The van der Waals surface area contributed by atoms with E-state index in [-0.39, 0.29) is 10.8 Å². The van der Waals surface area contributed by atoms with Crippen molar-refractivity contribution in [2.24, 2.45) is 0 Å². The molecule has 196 valence electrons. The van der Waals surface area contributed by atoms with E-state index in [1.165, 1.54) is 50.1 Å². The van der Waals surface area contributed by atoms with Crippen LogP contribution in [-0.4, -0.2) is 0 Å². The van der Waals surface area contributed by atoms with E-state index in [2.05, 4.69) is 159 Å². The van der Waals surface area contributed by atoms with Crippen LogP contribution >= 0.6 is 0 Å². The summed E-state index contributed by atoms with van der Waals surface area (Å²) in [6, 6.07) is 52.6. The molecule has 2 unspecified atom stereocenters. The van der Waals surface area contributed by atoms with Crippen molar-refractivity contribution in [3.63, 3.8) is 0 Å². The molecule has 0 spiro atoms. The number of para-hydroxylation sites is 2. The molecule has 6 aromatic rings. The van der Waals surface area contributed by atoms with Crippen LogP contribution in [0.15, 0.2) is 146 Å². The van der Waals surface area contributed by atoms with Gasteiger partial charge >= 0.3 is 0 Å². The summed E-state index contributed by atoms with van der Waals surface area (Å²) in [5.41, 5.74) is 12.0. The van der Waals surface area contributed by atoms with Gasteiger partial charge in [0.1, 0.15) is 11.5 Å². The smallest absolute Gasteiger partial charge is 0.139 e. The zero-order valence-corrected chi connectivity index (χ0v) is 23.3. The maximum absolute atomic E-state index is 6.86. The van der Waals surface area contributed by atoms with E-state index >= 15 is 0 Å².